The van der Waals surface area contributed by atoms with Gasteiger partial charge in [0.15, 0.2) is 5.13 Å². The zero-order valence-corrected chi connectivity index (χ0v) is 16.9. The van der Waals surface area contributed by atoms with Crippen LogP contribution in [0.3, 0.4) is 0 Å². The summed E-state index contributed by atoms with van der Waals surface area (Å²) < 4.78 is 21.0. The number of carbonyl (C=O) groups is 1. The van der Waals surface area contributed by atoms with Gasteiger partial charge in [0, 0.05) is 36.3 Å². The van der Waals surface area contributed by atoms with Crippen molar-refractivity contribution in [2.24, 2.45) is 0 Å². The fourth-order valence-corrected chi connectivity index (χ4v) is 4.10. The lowest BCUT2D eigenvalue weighted by Crippen LogP contribution is -2.29. The smallest absolute Gasteiger partial charge is 0.246 e. The van der Waals surface area contributed by atoms with Crippen LogP contribution >= 0.6 is 11.3 Å². The van der Waals surface area contributed by atoms with E-state index < -0.39 is 6.67 Å². The third-order valence-electron chi connectivity index (χ3n) is 4.82. The van der Waals surface area contributed by atoms with Gasteiger partial charge in [-0.05, 0) is 19.1 Å². The van der Waals surface area contributed by atoms with Crippen molar-refractivity contribution in [3.05, 3.63) is 42.1 Å². The van der Waals surface area contributed by atoms with Crippen LogP contribution in [0.5, 0.6) is 5.88 Å². The van der Waals surface area contributed by atoms with E-state index in [9.17, 15) is 9.18 Å². The molecule has 1 atom stereocenters. The topological polar surface area (TPSA) is 72.3 Å². The summed E-state index contributed by atoms with van der Waals surface area (Å²) in [5, 5.41) is 4.75. The summed E-state index contributed by atoms with van der Waals surface area (Å²) in [7, 11) is 0. The van der Waals surface area contributed by atoms with Crippen LogP contribution in [0.15, 0.2) is 37.2 Å². The third-order valence-corrected chi connectivity index (χ3v) is 5.65. The van der Waals surface area contributed by atoms with Gasteiger partial charge >= 0.3 is 0 Å². The summed E-state index contributed by atoms with van der Waals surface area (Å²) in [5.41, 5.74) is 0.834. The molecule has 0 radical (unpaired) electrons. The van der Waals surface area contributed by atoms with Gasteiger partial charge in [-0.3, -0.25) is 4.79 Å². The number of pyridine rings is 1. The second-order valence-electron chi connectivity index (χ2n) is 6.86. The van der Waals surface area contributed by atoms with E-state index in [2.05, 4.69) is 21.9 Å². The number of alkyl halides is 1. The maximum atomic E-state index is 13.0. The molecule has 3 aromatic heterocycles. The zero-order valence-electron chi connectivity index (χ0n) is 16.1. The van der Waals surface area contributed by atoms with E-state index in [1.54, 1.807) is 11.1 Å². The average molecular weight is 415 g/mol. The second kappa shape index (κ2) is 8.20. The Morgan fingerprint density at radius 1 is 1.55 bits per heavy atom. The zero-order chi connectivity index (χ0) is 20.4. The number of aryl methyl sites for hydroxylation is 2. The molecule has 0 bridgehead atoms. The molecule has 1 fully saturated rings. The first kappa shape index (κ1) is 19.4. The number of hydrogen-bond donors (Lipinski definition) is 1. The Balaban J connectivity index is 1.64. The van der Waals surface area contributed by atoms with Crippen LogP contribution in [-0.2, 0) is 11.3 Å². The minimum Gasteiger partial charge on any atom is -0.472 e. The van der Waals surface area contributed by atoms with Gasteiger partial charge in [0.1, 0.15) is 18.6 Å². The Labute approximate surface area is 171 Å². The Morgan fingerprint density at radius 2 is 2.41 bits per heavy atom. The maximum absolute atomic E-state index is 13.0. The average Bonchev–Trinajstić information content (AvgIpc) is 3.43. The van der Waals surface area contributed by atoms with Gasteiger partial charge in [-0.15, -0.1) is 11.3 Å². The van der Waals surface area contributed by atoms with Crippen LogP contribution in [0.4, 0.5) is 15.3 Å². The number of carbonyl (C=O) groups excluding carboxylic acids is 1. The summed E-state index contributed by atoms with van der Waals surface area (Å²) >= 11 is 1.53. The number of likely N-dealkylation sites (tertiary alicyclic amines) is 1. The molecule has 0 saturated carbocycles. The number of fused-ring (bicyclic) bond motifs is 1. The van der Waals surface area contributed by atoms with Crippen LogP contribution in [0, 0.1) is 6.92 Å². The van der Waals surface area contributed by atoms with Crippen LogP contribution in [0.1, 0.15) is 11.3 Å². The molecule has 7 nitrogen and oxygen atoms in total. The quantitative estimate of drug-likeness (QED) is 0.596. The number of nitrogens with one attached hydrogen (secondary N) is 1. The normalized spacial score (nSPS) is 16.3. The predicted molar refractivity (Wildman–Crippen MR) is 112 cm³/mol. The Morgan fingerprint density at radius 3 is 3.14 bits per heavy atom. The number of aromatic nitrogens is 3. The molecule has 1 saturated heterocycles. The van der Waals surface area contributed by atoms with Crippen molar-refractivity contribution < 1.29 is 13.9 Å². The number of rotatable bonds is 7. The number of ether oxygens (including phenoxy) is 1. The molecule has 4 heterocycles. The van der Waals surface area contributed by atoms with E-state index in [1.807, 2.05) is 29.8 Å². The monoisotopic (exact) mass is 415 g/mol. The number of halogens is 1. The summed E-state index contributed by atoms with van der Waals surface area (Å²) in [5.74, 6) is 0.948. The molecule has 29 heavy (non-hydrogen) atoms. The van der Waals surface area contributed by atoms with Gasteiger partial charge in [-0.25, -0.2) is 9.37 Å². The summed E-state index contributed by atoms with van der Waals surface area (Å²) in [6, 6.07) is 3.75. The van der Waals surface area contributed by atoms with E-state index in [0.29, 0.717) is 24.8 Å². The summed E-state index contributed by atoms with van der Waals surface area (Å²) in [6.45, 7) is 6.43. The maximum Gasteiger partial charge on any atom is 0.246 e. The molecule has 1 amide bonds. The van der Waals surface area contributed by atoms with Crippen molar-refractivity contribution in [1.29, 1.82) is 0 Å². The molecular weight excluding hydrogens is 393 g/mol. The predicted octanol–water partition coefficient (Wildman–Crippen LogP) is 3.68. The molecule has 1 unspecified atom stereocenters. The Hall–Kier alpha value is -2.94. The van der Waals surface area contributed by atoms with E-state index in [4.69, 9.17) is 4.74 Å². The van der Waals surface area contributed by atoms with Crippen LogP contribution in [-0.4, -0.2) is 51.2 Å². The highest BCUT2D eigenvalue weighted by molar-refractivity contribution is 7.15. The van der Waals surface area contributed by atoms with Gasteiger partial charge in [-0.1, -0.05) is 6.58 Å². The van der Waals surface area contributed by atoms with Crippen molar-refractivity contribution in [1.82, 2.24) is 19.4 Å². The van der Waals surface area contributed by atoms with Gasteiger partial charge in [-0.2, -0.15) is 4.98 Å². The van der Waals surface area contributed by atoms with E-state index in [1.165, 1.54) is 17.4 Å². The van der Waals surface area contributed by atoms with Crippen molar-refractivity contribution in [3.63, 3.8) is 0 Å². The molecule has 4 rings (SSSR count). The molecule has 0 spiro atoms. The first-order valence-electron chi connectivity index (χ1n) is 9.40. The lowest BCUT2D eigenvalue weighted by molar-refractivity contribution is -0.125. The van der Waals surface area contributed by atoms with Crippen LogP contribution in [0.2, 0.25) is 0 Å². The number of thiazole rings is 1. The van der Waals surface area contributed by atoms with Crippen LogP contribution in [0.25, 0.3) is 10.9 Å². The minimum absolute atomic E-state index is 0.0992. The molecule has 9 heteroatoms. The van der Waals surface area contributed by atoms with Crippen molar-refractivity contribution >= 4 is 39.1 Å². The minimum atomic E-state index is -0.460. The highest BCUT2D eigenvalue weighted by Gasteiger charge is 2.27. The molecular formula is C20H22FN5O2S. The van der Waals surface area contributed by atoms with E-state index in [0.717, 1.165) is 27.3 Å². The molecule has 3 aromatic rings. The highest BCUT2D eigenvalue weighted by Crippen LogP contribution is 2.31. The SMILES string of the molecule is C=CC(=O)N1CCC(Oc2nc(Nc3ncc(C)s3)cc3c2ccn3CCF)C1. The van der Waals surface area contributed by atoms with Gasteiger partial charge in [0.05, 0.1) is 24.0 Å². The molecule has 1 aliphatic heterocycles. The van der Waals surface area contributed by atoms with Gasteiger partial charge in [0.25, 0.3) is 0 Å². The van der Waals surface area contributed by atoms with Gasteiger partial charge in [0.2, 0.25) is 11.8 Å². The third kappa shape index (κ3) is 4.09. The molecule has 1 N–H and O–H groups in total. The standard InChI is InChI=1S/C20H22FN5O2S/c1-3-18(27)26-7-4-14(12-26)28-19-15-5-8-25(9-6-21)16(15)10-17(23-19)24-20-22-11-13(2)29-20/h3,5,8,10-11,14H,1,4,6-7,9,12H2,2H3,(H,22,23,24). The molecule has 1 aliphatic rings. The largest absolute Gasteiger partial charge is 0.472 e. The van der Waals surface area contributed by atoms with E-state index in [-0.39, 0.29) is 18.6 Å². The molecule has 0 aromatic carbocycles. The number of amides is 1. The molecule has 152 valence electrons. The van der Waals surface area contributed by atoms with E-state index >= 15 is 0 Å². The lowest BCUT2D eigenvalue weighted by Gasteiger charge is -2.16. The summed E-state index contributed by atoms with van der Waals surface area (Å²) in [6.07, 6.45) is 5.50. The first-order valence-corrected chi connectivity index (χ1v) is 10.2. The highest BCUT2D eigenvalue weighted by atomic mass is 32.1. The number of nitrogens with zero attached hydrogens (tertiary/aromatic N) is 4. The summed E-state index contributed by atoms with van der Waals surface area (Å²) in [4.78, 5) is 23.6. The first-order chi connectivity index (χ1) is 14.1. The number of anilines is 2. The Bertz CT molecular complexity index is 1050. The van der Waals surface area contributed by atoms with Crippen molar-refractivity contribution in [2.45, 2.75) is 26.0 Å². The Kier molecular flexibility index (Phi) is 5.48. The molecule has 0 aliphatic carbocycles. The van der Waals surface area contributed by atoms with Crippen molar-refractivity contribution in [3.8, 4) is 5.88 Å². The lowest BCUT2D eigenvalue weighted by atomic mass is 10.3. The fraction of sp³-hybridized carbons (Fsp3) is 0.350. The fourth-order valence-electron chi connectivity index (χ4n) is 3.43. The van der Waals surface area contributed by atoms with Crippen LogP contribution < -0.4 is 10.1 Å². The second-order valence-corrected chi connectivity index (χ2v) is 8.10. The van der Waals surface area contributed by atoms with Gasteiger partial charge < -0.3 is 19.5 Å². The number of hydrogen-bond acceptors (Lipinski definition) is 6. The van der Waals surface area contributed by atoms with Crippen molar-refractivity contribution in [2.75, 3.05) is 25.1 Å².